The maximum Gasteiger partial charge on any atom is 0.257 e. The Balaban J connectivity index is 1.26. The number of halogens is 1. The maximum absolute atomic E-state index is 13.3. The average molecular weight is 477 g/mol. The number of aromatic nitrogens is 2. The topological polar surface area (TPSA) is 80.5 Å². The number of nitrogens with one attached hydrogen (secondary N) is 1. The first-order valence-electron chi connectivity index (χ1n) is 11.4. The number of anilines is 2. The Kier molecular flexibility index (Phi) is 6.36. The molecular weight excluding hydrogens is 452 g/mol. The predicted molar refractivity (Wildman–Crippen MR) is 132 cm³/mol. The quantitative estimate of drug-likeness (QED) is 0.365. The second-order valence-electron chi connectivity index (χ2n) is 8.21. The van der Waals surface area contributed by atoms with Gasteiger partial charge in [0.05, 0.1) is 12.2 Å². The normalized spacial score (nSPS) is 14.4. The summed E-state index contributed by atoms with van der Waals surface area (Å²) in [6, 6.07) is 16.6. The van der Waals surface area contributed by atoms with Crippen LogP contribution in [-0.2, 0) is 0 Å². The van der Waals surface area contributed by atoms with Gasteiger partial charge in [-0.05, 0) is 74.4 Å². The molecule has 0 unspecified atom stereocenters. The Morgan fingerprint density at radius 2 is 1.97 bits per heavy atom. The van der Waals surface area contributed by atoms with Crippen LogP contribution in [0.4, 0.5) is 11.5 Å². The molecule has 0 atom stereocenters. The number of pyridine rings is 1. The molecule has 1 aliphatic heterocycles. The van der Waals surface area contributed by atoms with E-state index in [-0.39, 0.29) is 11.8 Å². The van der Waals surface area contributed by atoms with Crippen molar-refractivity contribution in [1.29, 1.82) is 0 Å². The largest absolute Gasteiger partial charge is 0.494 e. The third-order valence-corrected chi connectivity index (χ3v) is 6.20. The monoisotopic (exact) mass is 476 g/mol. The molecule has 1 aliphatic rings. The van der Waals surface area contributed by atoms with E-state index in [1.807, 2.05) is 54.3 Å². The number of amides is 1. The molecule has 2 aromatic heterocycles. The zero-order valence-corrected chi connectivity index (χ0v) is 19.6. The van der Waals surface area contributed by atoms with Gasteiger partial charge < -0.3 is 19.4 Å². The molecule has 5 rings (SSSR count). The van der Waals surface area contributed by atoms with Gasteiger partial charge in [0.2, 0.25) is 0 Å². The van der Waals surface area contributed by atoms with Gasteiger partial charge in [0.25, 0.3) is 5.91 Å². The van der Waals surface area contributed by atoms with E-state index in [4.69, 9.17) is 20.8 Å². The van der Waals surface area contributed by atoms with Gasteiger partial charge in [0.1, 0.15) is 17.1 Å². The zero-order chi connectivity index (χ0) is 23.5. The number of benzene rings is 2. The van der Waals surface area contributed by atoms with Gasteiger partial charge in [-0.2, -0.15) is 0 Å². The van der Waals surface area contributed by atoms with Crippen molar-refractivity contribution in [3.05, 3.63) is 77.3 Å². The number of rotatable bonds is 6. The fraction of sp³-hybridized carbons (Fsp3) is 0.269. The predicted octanol–water partition coefficient (Wildman–Crippen LogP) is 6.04. The van der Waals surface area contributed by atoms with Crippen LogP contribution in [0.2, 0.25) is 5.02 Å². The first-order chi connectivity index (χ1) is 16.6. The molecule has 7 nitrogen and oxygen atoms in total. The molecule has 0 radical (unpaired) electrons. The Hall–Kier alpha value is -3.58. The zero-order valence-electron chi connectivity index (χ0n) is 18.8. The van der Waals surface area contributed by atoms with Crippen LogP contribution >= 0.6 is 11.6 Å². The van der Waals surface area contributed by atoms with Gasteiger partial charge in [0.15, 0.2) is 11.5 Å². The summed E-state index contributed by atoms with van der Waals surface area (Å²) >= 11 is 6.07. The Labute approximate surface area is 202 Å². The number of carbonyl (C=O) groups is 1. The van der Waals surface area contributed by atoms with E-state index >= 15 is 0 Å². The van der Waals surface area contributed by atoms with Crippen molar-refractivity contribution in [3.63, 3.8) is 0 Å². The lowest BCUT2D eigenvalue weighted by atomic mass is 9.96. The second kappa shape index (κ2) is 9.73. The molecule has 2 aromatic carbocycles. The van der Waals surface area contributed by atoms with Crippen LogP contribution < -0.4 is 10.1 Å². The molecule has 34 heavy (non-hydrogen) atoms. The highest BCUT2D eigenvalue weighted by Crippen LogP contribution is 2.32. The van der Waals surface area contributed by atoms with Crippen molar-refractivity contribution in [2.24, 2.45) is 0 Å². The van der Waals surface area contributed by atoms with E-state index in [2.05, 4.69) is 15.3 Å². The lowest BCUT2D eigenvalue weighted by molar-refractivity contribution is 0.0707. The van der Waals surface area contributed by atoms with Crippen molar-refractivity contribution in [1.82, 2.24) is 14.9 Å². The highest BCUT2D eigenvalue weighted by molar-refractivity contribution is 6.31. The molecule has 8 heteroatoms. The number of likely N-dealkylation sites (tertiary alicyclic amines) is 1. The Bertz CT molecular complexity index is 1300. The molecule has 1 amide bonds. The van der Waals surface area contributed by atoms with Gasteiger partial charge in [-0.3, -0.25) is 4.79 Å². The van der Waals surface area contributed by atoms with Crippen LogP contribution in [0.15, 0.2) is 65.2 Å². The molecule has 1 N–H and O–H groups in total. The standard InChI is InChI=1S/C26H25ClN4O3/c1-2-33-20-8-6-19(7-9-20)29-24-21(4-3-13-28-24)26(32)31-14-11-17(12-15-31)25-30-22-16-18(27)5-10-23(22)34-25/h3-10,13,16-17H,2,11-12,14-15H2,1H3,(H,28,29). The fourth-order valence-corrected chi connectivity index (χ4v) is 4.37. The highest BCUT2D eigenvalue weighted by Gasteiger charge is 2.28. The number of hydrogen-bond donors (Lipinski definition) is 1. The average Bonchev–Trinajstić information content (AvgIpc) is 3.29. The van der Waals surface area contributed by atoms with Crippen LogP contribution in [0, 0.1) is 0 Å². The number of hydrogen-bond acceptors (Lipinski definition) is 6. The summed E-state index contributed by atoms with van der Waals surface area (Å²) in [7, 11) is 0. The van der Waals surface area contributed by atoms with Crippen LogP contribution in [0.5, 0.6) is 5.75 Å². The van der Waals surface area contributed by atoms with Gasteiger partial charge >= 0.3 is 0 Å². The molecule has 174 valence electrons. The van der Waals surface area contributed by atoms with Crippen molar-refractivity contribution < 1.29 is 13.9 Å². The van der Waals surface area contributed by atoms with E-state index < -0.39 is 0 Å². The molecular formula is C26H25ClN4O3. The minimum absolute atomic E-state index is 0.0377. The van der Waals surface area contributed by atoms with Crippen molar-refractivity contribution in [2.45, 2.75) is 25.7 Å². The van der Waals surface area contributed by atoms with Gasteiger partial charge in [-0.1, -0.05) is 11.6 Å². The lowest BCUT2D eigenvalue weighted by Crippen LogP contribution is -2.38. The van der Waals surface area contributed by atoms with Crippen molar-refractivity contribution in [3.8, 4) is 5.75 Å². The lowest BCUT2D eigenvalue weighted by Gasteiger charge is -2.31. The van der Waals surface area contributed by atoms with Crippen LogP contribution in [0.25, 0.3) is 11.1 Å². The molecule has 0 saturated carbocycles. The summed E-state index contributed by atoms with van der Waals surface area (Å²) in [6.45, 7) is 3.81. The van der Waals surface area contributed by atoms with Crippen molar-refractivity contribution >= 4 is 40.1 Å². The second-order valence-corrected chi connectivity index (χ2v) is 8.65. The fourth-order valence-electron chi connectivity index (χ4n) is 4.21. The summed E-state index contributed by atoms with van der Waals surface area (Å²) in [6.07, 6.45) is 3.25. The third-order valence-electron chi connectivity index (χ3n) is 5.96. The number of nitrogens with zero attached hydrogens (tertiary/aromatic N) is 3. The molecule has 0 aliphatic carbocycles. The van der Waals surface area contributed by atoms with E-state index in [1.54, 1.807) is 18.3 Å². The first-order valence-corrected chi connectivity index (χ1v) is 11.8. The van der Waals surface area contributed by atoms with Gasteiger partial charge in [0, 0.05) is 35.9 Å². The summed E-state index contributed by atoms with van der Waals surface area (Å²) in [4.78, 5) is 24.3. The molecule has 1 fully saturated rings. The number of fused-ring (bicyclic) bond motifs is 1. The van der Waals surface area contributed by atoms with Crippen LogP contribution in [0.3, 0.4) is 0 Å². The highest BCUT2D eigenvalue weighted by atomic mass is 35.5. The third kappa shape index (κ3) is 4.70. The van der Waals surface area contributed by atoms with E-state index in [0.717, 1.165) is 35.4 Å². The summed E-state index contributed by atoms with van der Waals surface area (Å²) in [5.74, 6) is 2.18. The Morgan fingerprint density at radius 1 is 1.18 bits per heavy atom. The van der Waals surface area contributed by atoms with E-state index in [0.29, 0.717) is 42.0 Å². The van der Waals surface area contributed by atoms with Crippen LogP contribution in [-0.4, -0.2) is 40.5 Å². The molecule has 0 bridgehead atoms. The number of piperidine rings is 1. The molecule has 4 aromatic rings. The van der Waals surface area contributed by atoms with Gasteiger partial charge in [-0.15, -0.1) is 0 Å². The first kappa shape index (κ1) is 22.2. The summed E-state index contributed by atoms with van der Waals surface area (Å²) in [5.41, 5.74) is 2.89. The SMILES string of the molecule is CCOc1ccc(Nc2ncccc2C(=O)N2CCC(c3nc4cc(Cl)ccc4o3)CC2)cc1. The number of ether oxygens (including phenoxy) is 1. The summed E-state index contributed by atoms with van der Waals surface area (Å²) in [5, 5.41) is 3.90. The maximum atomic E-state index is 13.3. The van der Waals surface area contributed by atoms with Crippen LogP contribution in [0.1, 0.15) is 41.9 Å². The van der Waals surface area contributed by atoms with Crippen molar-refractivity contribution in [2.75, 3.05) is 25.0 Å². The number of carbonyl (C=O) groups excluding carboxylic acids is 1. The Morgan fingerprint density at radius 3 is 2.74 bits per heavy atom. The number of oxazole rings is 1. The molecule has 3 heterocycles. The molecule has 0 spiro atoms. The minimum atomic E-state index is -0.0377. The summed E-state index contributed by atoms with van der Waals surface area (Å²) < 4.78 is 11.4. The van der Waals surface area contributed by atoms with E-state index in [9.17, 15) is 4.79 Å². The smallest absolute Gasteiger partial charge is 0.257 e. The minimum Gasteiger partial charge on any atom is -0.494 e. The van der Waals surface area contributed by atoms with E-state index in [1.165, 1.54) is 0 Å². The van der Waals surface area contributed by atoms with Gasteiger partial charge in [-0.25, -0.2) is 9.97 Å². The molecule has 1 saturated heterocycles.